The van der Waals surface area contributed by atoms with E-state index in [0.717, 1.165) is 16.5 Å². The van der Waals surface area contributed by atoms with E-state index in [1.54, 1.807) is 0 Å². The molecule has 5 rings (SSSR count). The smallest absolute Gasteiger partial charge is 0.297 e. The Hall–Kier alpha value is -3.67. The van der Waals surface area contributed by atoms with E-state index in [-0.39, 0.29) is 17.7 Å². The van der Waals surface area contributed by atoms with Gasteiger partial charge in [0.2, 0.25) is 11.5 Å². The molecule has 0 radical (unpaired) electrons. The number of hydrogen-bond donors (Lipinski definition) is 0. The number of aromatic nitrogens is 3. The Morgan fingerprint density at radius 1 is 1.03 bits per heavy atom. The first-order chi connectivity index (χ1) is 14.0. The summed E-state index contributed by atoms with van der Waals surface area (Å²) in [4.78, 5) is 22.1. The van der Waals surface area contributed by atoms with Crippen molar-refractivity contribution < 1.29 is 8.83 Å². The minimum absolute atomic E-state index is 0.235. The molecule has 5 aromatic rings. The van der Waals surface area contributed by atoms with E-state index >= 15 is 0 Å². The summed E-state index contributed by atoms with van der Waals surface area (Å²) in [5, 5.41) is 0.835. The Bertz CT molecular complexity index is 1440. The number of nitrogens with zero attached hydrogens (tertiary/aromatic N) is 3. The van der Waals surface area contributed by atoms with Crippen LogP contribution < -0.4 is 5.56 Å². The lowest BCUT2D eigenvalue weighted by Gasteiger charge is -2.03. The third kappa shape index (κ3) is 2.84. The van der Waals surface area contributed by atoms with Crippen molar-refractivity contribution in [1.82, 2.24) is 14.5 Å². The molecule has 0 amide bonds. The van der Waals surface area contributed by atoms with E-state index in [0.29, 0.717) is 28.4 Å². The number of furan rings is 1. The van der Waals surface area contributed by atoms with Crippen molar-refractivity contribution in [3.8, 4) is 11.5 Å². The predicted octanol–water partition coefficient (Wildman–Crippen LogP) is 4.77. The van der Waals surface area contributed by atoms with Crippen LogP contribution in [0.2, 0.25) is 0 Å². The largest absolute Gasteiger partial charge is 0.448 e. The maximum atomic E-state index is 13.0. The van der Waals surface area contributed by atoms with Crippen molar-refractivity contribution in [2.75, 3.05) is 0 Å². The number of rotatable bonds is 3. The number of fused-ring (bicyclic) bond motifs is 3. The monoisotopic (exact) mass is 385 g/mol. The van der Waals surface area contributed by atoms with Gasteiger partial charge in [0.1, 0.15) is 22.6 Å². The molecule has 6 nitrogen and oxygen atoms in total. The maximum Gasteiger partial charge on any atom is 0.297 e. The van der Waals surface area contributed by atoms with E-state index in [1.165, 1.54) is 16.5 Å². The predicted molar refractivity (Wildman–Crippen MR) is 111 cm³/mol. The molecule has 0 bridgehead atoms. The standard InChI is InChI=1S/C23H19N3O3/c1-13-8-9-16(14(2)10-13)22-25-18(15(3)28-22)11-26-12-24-20-17-6-4-5-7-19(17)29-21(20)23(26)27/h4-10,12H,11H2,1-3H3. The van der Waals surface area contributed by atoms with Gasteiger partial charge in [-0.05, 0) is 44.5 Å². The molecule has 0 saturated carbocycles. The molecule has 0 atom stereocenters. The second-order valence-electron chi connectivity index (χ2n) is 7.29. The van der Waals surface area contributed by atoms with Gasteiger partial charge in [-0.3, -0.25) is 9.36 Å². The van der Waals surface area contributed by atoms with Gasteiger partial charge in [0.05, 0.1) is 12.9 Å². The van der Waals surface area contributed by atoms with Crippen LogP contribution in [-0.4, -0.2) is 14.5 Å². The van der Waals surface area contributed by atoms with Crippen LogP contribution in [0.5, 0.6) is 0 Å². The second kappa shape index (κ2) is 6.44. The molecule has 144 valence electrons. The molecule has 0 N–H and O–H groups in total. The summed E-state index contributed by atoms with van der Waals surface area (Å²) < 4.78 is 13.2. The third-order valence-electron chi connectivity index (χ3n) is 5.18. The van der Waals surface area contributed by atoms with Gasteiger partial charge in [-0.15, -0.1) is 0 Å². The third-order valence-corrected chi connectivity index (χ3v) is 5.18. The van der Waals surface area contributed by atoms with Crippen molar-refractivity contribution in [2.24, 2.45) is 0 Å². The van der Waals surface area contributed by atoms with E-state index in [9.17, 15) is 4.79 Å². The molecule has 2 aromatic carbocycles. The summed E-state index contributed by atoms with van der Waals surface area (Å²) in [5.74, 6) is 1.23. The summed E-state index contributed by atoms with van der Waals surface area (Å²) in [6.07, 6.45) is 1.54. The molecule has 0 aliphatic rings. The first-order valence-electron chi connectivity index (χ1n) is 9.42. The first-order valence-corrected chi connectivity index (χ1v) is 9.42. The molecule has 0 fully saturated rings. The highest BCUT2D eigenvalue weighted by Crippen LogP contribution is 2.27. The zero-order valence-electron chi connectivity index (χ0n) is 16.4. The fraction of sp³-hybridized carbons (Fsp3) is 0.174. The molecule has 0 aliphatic carbocycles. The van der Waals surface area contributed by atoms with E-state index in [4.69, 9.17) is 8.83 Å². The molecule has 29 heavy (non-hydrogen) atoms. The molecular weight excluding hydrogens is 366 g/mol. The van der Waals surface area contributed by atoms with E-state index in [2.05, 4.69) is 23.0 Å². The van der Waals surface area contributed by atoms with Gasteiger partial charge in [0, 0.05) is 10.9 Å². The van der Waals surface area contributed by atoms with Gasteiger partial charge >= 0.3 is 0 Å². The van der Waals surface area contributed by atoms with Crippen LogP contribution in [0.1, 0.15) is 22.6 Å². The zero-order chi connectivity index (χ0) is 20.1. The van der Waals surface area contributed by atoms with Crippen LogP contribution in [0.15, 0.2) is 62.4 Å². The van der Waals surface area contributed by atoms with Crippen molar-refractivity contribution in [1.29, 1.82) is 0 Å². The van der Waals surface area contributed by atoms with Gasteiger partial charge in [-0.1, -0.05) is 29.8 Å². The fourth-order valence-corrected chi connectivity index (χ4v) is 3.63. The van der Waals surface area contributed by atoms with Gasteiger partial charge in [0.25, 0.3) is 5.56 Å². The Morgan fingerprint density at radius 2 is 1.86 bits per heavy atom. The molecular formula is C23H19N3O3. The molecule has 0 aliphatic heterocycles. The van der Waals surface area contributed by atoms with Crippen LogP contribution in [-0.2, 0) is 6.54 Å². The van der Waals surface area contributed by atoms with Crippen molar-refractivity contribution in [3.05, 3.63) is 81.7 Å². The highest BCUT2D eigenvalue weighted by Gasteiger charge is 2.17. The van der Waals surface area contributed by atoms with Crippen molar-refractivity contribution >= 4 is 22.1 Å². The van der Waals surface area contributed by atoms with Crippen LogP contribution in [0.25, 0.3) is 33.5 Å². The average molecular weight is 385 g/mol. The first kappa shape index (κ1) is 17.4. The average Bonchev–Trinajstić information content (AvgIpc) is 3.25. The normalized spacial score (nSPS) is 11.6. The minimum Gasteiger partial charge on any atom is -0.448 e. The van der Waals surface area contributed by atoms with E-state index in [1.807, 2.05) is 50.2 Å². The van der Waals surface area contributed by atoms with Crippen LogP contribution in [0, 0.1) is 20.8 Å². The van der Waals surface area contributed by atoms with Gasteiger partial charge in [-0.2, -0.15) is 0 Å². The summed E-state index contributed by atoms with van der Waals surface area (Å²) >= 11 is 0. The number of aryl methyl sites for hydroxylation is 3. The molecule has 6 heteroatoms. The molecule has 0 saturated heterocycles. The van der Waals surface area contributed by atoms with E-state index < -0.39 is 0 Å². The lowest BCUT2D eigenvalue weighted by molar-refractivity contribution is 0.536. The highest BCUT2D eigenvalue weighted by molar-refractivity contribution is 6.01. The minimum atomic E-state index is -0.235. The van der Waals surface area contributed by atoms with Gasteiger partial charge in [-0.25, -0.2) is 9.97 Å². The fourth-order valence-electron chi connectivity index (χ4n) is 3.63. The SMILES string of the molecule is Cc1ccc(-c2nc(Cn3cnc4c(oc5ccccc54)c3=O)c(C)o2)c(C)c1. The zero-order valence-corrected chi connectivity index (χ0v) is 16.4. The Morgan fingerprint density at radius 3 is 2.69 bits per heavy atom. The van der Waals surface area contributed by atoms with Crippen LogP contribution in [0.4, 0.5) is 0 Å². The highest BCUT2D eigenvalue weighted by atomic mass is 16.4. The summed E-state index contributed by atoms with van der Waals surface area (Å²) in [6, 6.07) is 13.6. The van der Waals surface area contributed by atoms with Crippen LogP contribution >= 0.6 is 0 Å². The van der Waals surface area contributed by atoms with Gasteiger partial charge < -0.3 is 8.83 Å². The summed E-state index contributed by atoms with van der Waals surface area (Å²) in [7, 11) is 0. The van der Waals surface area contributed by atoms with Crippen LogP contribution in [0.3, 0.4) is 0 Å². The number of para-hydroxylation sites is 1. The quantitative estimate of drug-likeness (QED) is 0.447. The Labute approximate surface area is 166 Å². The second-order valence-corrected chi connectivity index (χ2v) is 7.29. The lowest BCUT2D eigenvalue weighted by atomic mass is 10.1. The number of oxazole rings is 1. The topological polar surface area (TPSA) is 74.1 Å². The summed E-state index contributed by atoms with van der Waals surface area (Å²) in [5.41, 5.74) is 5.18. The lowest BCUT2D eigenvalue weighted by Crippen LogP contribution is -2.21. The van der Waals surface area contributed by atoms with Crippen molar-refractivity contribution in [3.63, 3.8) is 0 Å². The van der Waals surface area contributed by atoms with Gasteiger partial charge in [0.15, 0.2) is 0 Å². The molecule has 3 aromatic heterocycles. The summed E-state index contributed by atoms with van der Waals surface area (Å²) in [6.45, 7) is 6.20. The Kier molecular flexibility index (Phi) is 3.87. The van der Waals surface area contributed by atoms with Crippen molar-refractivity contribution in [2.45, 2.75) is 27.3 Å². The molecule has 3 heterocycles. The molecule has 0 spiro atoms. The number of benzene rings is 2. The number of hydrogen-bond acceptors (Lipinski definition) is 5. The molecule has 0 unspecified atom stereocenters. The maximum absolute atomic E-state index is 13.0. The Balaban J connectivity index is 1.56.